The van der Waals surface area contributed by atoms with Crippen LogP contribution in [-0.2, 0) is 0 Å². The van der Waals surface area contributed by atoms with Gasteiger partial charge in [-0.15, -0.1) is 0 Å². The van der Waals surface area contributed by atoms with Gasteiger partial charge >= 0.3 is 0 Å². The van der Waals surface area contributed by atoms with Crippen molar-refractivity contribution in [3.05, 3.63) is 0 Å². The van der Waals surface area contributed by atoms with Crippen LogP contribution in [0, 0.1) is 0 Å². The third kappa shape index (κ3) is 5.55. The maximum Gasteiger partial charge on any atom is 0.0107 e. The van der Waals surface area contributed by atoms with Gasteiger partial charge in [0.2, 0.25) is 0 Å². The first-order valence-electron chi connectivity index (χ1n) is 5.24. The summed E-state index contributed by atoms with van der Waals surface area (Å²) in [5.41, 5.74) is 0. The topological polar surface area (TPSA) is 15.3 Å². The highest BCUT2D eigenvalue weighted by atomic mass is 32.2. The SMILES string of the molecule is CSCCCNCCN(C)C1CC1. The molecule has 0 aromatic heterocycles. The molecule has 0 unspecified atom stereocenters. The lowest BCUT2D eigenvalue weighted by Crippen LogP contribution is -2.31. The summed E-state index contributed by atoms with van der Waals surface area (Å²) >= 11 is 1.93. The Bertz CT molecular complexity index is 126. The molecule has 0 aromatic carbocycles. The van der Waals surface area contributed by atoms with E-state index in [1.807, 2.05) is 11.8 Å². The van der Waals surface area contributed by atoms with Crippen LogP contribution in [0.3, 0.4) is 0 Å². The molecule has 0 amide bonds. The molecule has 0 bridgehead atoms. The van der Waals surface area contributed by atoms with Crippen molar-refractivity contribution in [2.24, 2.45) is 0 Å². The molecule has 1 rings (SSSR count). The zero-order chi connectivity index (χ0) is 9.52. The quantitative estimate of drug-likeness (QED) is 0.599. The van der Waals surface area contributed by atoms with E-state index in [9.17, 15) is 0 Å². The fourth-order valence-corrected chi connectivity index (χ4v) is 1.85. The zero-order valence-corrected chi connectivity index (χ0v) is 9.70. The third-order valence-electron chi connectivity index (χ3n) is 2.51. The minimum absolute atomic E-state index is 0.910. The molecular formula is C10H22N2S. The molecule has 0 radical (unpaired) electrons. The molecule has 0 heterocycles. The van der Waals surface area contributed by atoms with E-state index in [0.717, 1.165) is 12.6 Å². The van der Waals surface area contributed by atoms with E-state index in [0.29, 0.717) is 0 Å². The second-order valence-electron chi connectivity index (χ2n) is 3.81. The highest BCUT2D eigenvalue weighted by molar-refractivity contribution is 7.98. The van der Waals surface area contributed by atoms with Crippen LogP contribution in [0.1, 0.15) is 19.3 Å². The Morgan fingerprint density at radius 1 is 1.38 bits per heavy atom. The first-order chi connectivity index (χ1) is 6.34. The van der Waals surface area contributed by atoms with Crippen molar-refractivity contribution in [3.63, 3.8) is 0 Å². The molecule has 0 spiro atoms. The van der Waals surface area contributed by atoms with Crippen LogP contribution in [0.5, 0.6) is 0 Å². The van der Waals surface area contributed by atoms with E-state index < -0.39 is 0 Å². The number of likely N-dealkylation sites (N-methyl/N-ethyl adjacent to an activating group) is 1. The van der Waals surface area contributed by atoms with Gasteiger partial charge in [-0.2, -0.15) is 11.8 Å². The van der Waals surface area contributed by atoms with E-state index in [-0.39, 0.29) is 0 Å². The van der Waals surface area contributed by atoms with Gasteiger partial charge in [0.25, 0.3) is 0 Å². The van der Waals surface area contributed by atoms with Crippen molar-refractivity contribution in [2.45, 2.75) is 25.3 Å². The number of nitrogens with zero attached hydrogens (tertiary/aromatic N) is 1. The molecule has 0 aliphatic heterocycles. The minimum atomic E-state index is 0.910. The lowest BCUT2D eigenvalue weighted by molar-refractivity contribution is 0.322. The summed E-state index contributed by atoms with van der Waals surface area (Å²) < 4.78 is 0. The van der Waals surface area contributed by atoms with Crippen molar-refractivity contribution in [3.8, 4) is 0 Å². The first kappa shape index (κ1) is 11.3. The Balaban J connectivity index is 1.77. The molecule has 1 saturated carbocycles. The van der Waals surface area contributed by atoms with Gasteiger partial charge in [0.1, 0.15) is 0 Å². The predicted molar refractivity (Wildman–Crippen MR) is 61.5 cm³/mol. The van der Waals surface area contributed by atoms with E-state index >= 15 is 0 Å². The fourth-order valence-electron chi connectivity index (χ4n) is 1.42. The highest BCUT2D eigenvalue weighted by Crippen LogP contribution is 2.24. The Morgan fingerprint density at radius 2 is 2.15 bits per heavy atom. The molecule has 0 saturated heterocycles. The standard InChI is InChI=1S/C10H22N2S/c1-12(10-4-5-10)8-7-11-6-3-9-13-2/h10-11H,3-9H2,1-2H3. The summed E-state index contributed by atoms with van der Waals surface area (Å²) in [6.45, 7) is 3.55. The summed E-state index contributed by atoms with van der Waals surface area (Å²) in [5, 5.41) is 3.48. The number of thioether (sulfide) groups is 1. The van der Waals surface area contributed by atoms with Crippen molar-refractivity contribution in [1.82, 2.24) is 10.2 Å². The van der Waals surface area contributed by atoms with Crippen LogP contribution in [0.15, 0.2) is 0 Å². The van der Waals surface area contributed by atoms with Crippen LogP contribution in [-0.4, -0.2) is 49.6 Å². The normalized spacial score (nSPS) is 16.8. The van der Waals surface area contributed by atoms with Gasteiger partial charge in [0.15, 0.2) is 0 Å². The molecule has 78 valence electrons. The van der Waals surface area contributed by atoms with E-state index in [4.69, 9.17) is 0 Å². The number of rotatable bonds is 8. The van der Waals surface area contributed by atoms with E-state index in [1.165, 1.54) is 38.1 Å². The van der Waals surface area contributed by atoms with Gasteiger partial charge in [0.05, 0.1) is 0 Å². The largest absolute Gasteiger partial charge is 0.315 e. The number of hydrogen-bond donors (Lipinski definition) is 1. The molecule has 13 heavy (non-hydrogen) atoms. The highest BCUT2D eigenvalue weighted by Gasteiger charge is 2.25. The van der Waals surface area contributed by atoms with Crippen LogP contribution >= 0.6 is 11.8 Å². The molecule has 1 fully saturated rings. The Morgan fingerprint density at radius 3 is 2.77 bits per heavy atom. The average Bonchev–Trinajstić information content (AvgIpc) is 2.93. The van der Waals surface area contributed by atoms with Crippen LogP contribution in [0.4, 0.5) is 0 Å². The average molecular weight is 202 g/mol. The maximum absolute atomic E-state index is 3.48. The summed E-state index contributed by atoms with van der Waals surface area (Å²) in [5.74, 6) is 1.28. The monoisotopic (exact) mass is 202 g/mol. The van der Waals surface area contributed by atoms with Gasteiger partial charge < -0.3 is 10.2 Å². The summed E-state index contributed by atoms with van der Waals surface area (Å²) in [7, 11) is 2.24. The minimum Gasteiger partial charge on any atom is -0.315 e. The van der Waals surface area contributed by atoms with Gasteiger partial charge in [-0.05, 0) is 44.9 Å². The number of hydrogen-bond acceptors (Lipinski definition) is 3. The molecule has 1 aliphatic carbocycles. The Kier molecular flexibility index (Phi) is 5.83. The molecule has 1 N–H and O–H groups in total. The fraction of sp³-hybridized carbons (Fsp3) is 1.00. The second-order valence-corrected chi connectivity index (χ2v) is 4.79. The molecule has 0 atom stereocenters. The predicted octanol–water partition coefficient (Wildman–Crippen LogP) is 1.42. The summed E-state index contributed by atoms with van der Waals surface area (Å²) in [6.07, 6.45) is 6.31. The van der Waals surface area contributed by atoms with Crippen molar-refractivity contribution >= 4 is 11.8 Å². The number of nitrogens with one attached hydrogen (secondary N) is 1. The Labute approximate surface area is 86.5 Å². The van der Waals surface area contributed by atoms with Gasteiger partial charge in [-0.25, -0.2) is 0 Å². The van der Waals surface area contributed by atoms with Gasteiger partial charge in [0, 0.05) is 19.1 Å². The van der Waals surface area contributed by atoms with Crippen LogP contribution in [0.2, 0.25) is 0 Å². The van der Waals surface area contributed by atoms with Crippen molar-refractivity contribution in [1.29, 1.82) is 0 Å². The maximum atomic E-state index is 3.48. The van der Waals surface area contributed by atoms with Crippen LogP contribution in [0.25, 0.3) is 0 Å². The smallest absolute Gasteiger partial charge is 0.0107 e. The van der Waals surface area contributed by atoms with Gasteiger partial charge in [-0.3, -0.25) is 0 Å². The summed E-state index contributed by atoms with van der Waals surface area (Å²) in [4.78, 5) is 2.47. The molecule has 1 aliphatic rings. The lowest BCUT2D eigenvalue weighted by Gasteiger charge is -2.15. The summed E-state index contributed by atoms with van der Waals surface area (Å²) in [6, 6.07) is 0.910. The second kappa shape index (κ2) is 6.68. The van der Waals surface area contributed by atoms with E-state index in [1.54, 1.807) is 0 Å². The van der Waals surface area contributed by atoms with Crippen molar-refractivity contribution in [2.75, 3.05) is 38.7 Å². The molecular weight excluding hydrogens is 180 g/mol. The van der Waals surface area contributed by atoms with Gasteiger partial charge in [-0.1, -0.05) is 0 Å². The first-order valence-corrected chi connectivity index (χ1v) is 6.64. The molecule has 2 nitrogen and oxygen atoms in total. The molecule has 3 heteroatoms. The Hall–Kier alpha value is 0.270. The molecule has 0 aromatic rings. The van der Waals surface area contributed by atoms with E-state index in [2.05, 4.69) is 23.5 Å². The lowest BCUT2D eigenvalue weighted by atomic mass is 10.4. The van der Waals surface area contributed by atoms with Crippen molar-refractivity contribution < 1.29 is 0 Å². The van der Waals surface area contributed by atoms with Crippen LogP contribution < -0.4 is 5.32 Å². The zero-order valence-electron chi connectivity index (χ0n) is 8.88. The third-order valence-corrected chi connectivity index (χ3v) is 3.21.